The molecule has 4 heteroatoms. The first kappa shape index (κ1) is 13.6. The summed E-state index contributed by atoms with van der Waals surface area (Å²) >= 11 is 0. The van der Waals surface area contributed by atoms with Crippen LogP contribution in [-0.4, -0.2) is 31.2 Å². The van der Waals surface area contributed by atoms with Gasteiger partial charge in [0.2, 0.25) is 5.91 Å². The zero-order valence-electron chi connectivity index (χ0n) is 11.9. The molecule has 0 spiro atoms. The molecule has 1 aromatic rings. The minimum atomic E-state index is -0.105. The van der Waals surface area contributed by atoms with Crippen molar-refractivity contribution >= 4 is 5.91 Å². The lowest BCUT2D eigenvalue weighted by atomic mass is 9.95. The summed E-state index contributed by atoms with van der Waals surface area (Å²) in [4.78, 5) is 12.3. The third-order valence-corrected chi connectivity index (χ3v) is 4.46. The normalized spacial score (nSPS) is 28.9. The van der Waals surface area contributed by atoms with Crippen LogP contribution < -0.4 is 10.6 Å². The molecule has 1 aliphatic heterocycles. The van der Waals surface area contributed by atoms with Crippen molar-refractivity contribution in [3.63, 3.8) is 0 Å². The Morgan fingerprint density at radius 1 is 1.30 bits per heavy atom. The Bertz CT molecular complexity index is 489. The first-order chi connectivity index (χ1) is 9.76. The molecular weight excluding hydrogens is 252 g/mol. The first-order valence-electron chi connectivity index (χ1n) is 7.39. The summed E-state index contributed by atoms with van der Waals surface area (Å²) in [5.74, 6) is 0.126. The second-order valence-corrected chi connectivity index (χ2v) is 5.78. The fraction of sp³-hybridized carbons (Fsp3) is 0.562. The number of hydrogen-bond donors (Lipinski definition) is 2. The van der Waals surface area contributed by atoms with Gasteiger partial charge in [0, 0.05) is 19.7 Å². The van der Waals surface area contributed by atoms with E-state index < -0.39 is 0 Å². The van der Waals surface area contributed by atoms with Crippen LogP contribution in [0.15, 0.2) is 24.3 Å². The largest absolute Gasteiger partial charge is 0.381 e. The molecule has 3 atom stereocenters. The second kappa shape index (κ2) is 5.94. The highest BCUT2D eigenvalue weighted by molar-refractivity contribution is 5.82. The Kier molecular flexibility index (Phi) is 4.03. The Morgan fingerprint density at radius 2 is 2.10 bits per heavy atom. The van der Waals surface area contributed by atoms with Crippen molar-refractivity contribution in [2.45, 2.75) is 50.4 Å². The Labute approximate surface area is 119 Å². The van der Waals surface area contributed by atoms with E-state index in [9.17, 15) is 4.79 Å². The first-order valence-corrected chi connectivity index (χ1v) is 7.39. The van der Waals surface area contributed by atoms with E-state index in [-0.39, 0.29) is 18.0 Å². The standard InChI is InChI=1S/C16H22N2O2/c1-20-14-7-6-13(9-14)18-16(19)15-8-11-4-2-3-5-12(11)10-17-15/h2-5,13-15,17H,6-10H2,1H3,(H,18,19)/t13?,14?,15-/m1/s1. The average molecular weight is 274 g/mol. The van der Waals surface area contributed by atoms with Crippen molar-refractivity contribution in [2.75, 3.05) is 7.11 Å². The van der Waals surface area contributed by atoms with E-state index in [1.807, 2.05) is 12.1 Å². The highest BCUT2D eigenvalue weighted by Gasteiger charge is 2.29. The maximum Gasteiger partial charge on any atom is 0.237 e. The molecule has 1 aliphatic carbocycles. The molecular formula is C16H22N2O2. The summed E-state index contributed by atoms with van der Waals surface area (Å²) in [5.41, 5.74) is 2.59. The molecule has 108 valence electrons. The van der Waals surface area contributed by atoms with E-state index >= 15 is 0 Å². The van der Waals surface area contributed by atoms with E-state index in [1.54, 1.807) is 7.11 Å². The van der Waals surface area contributed by atoms with Crippen molar-refractivity contribution in [1.82, 2.24) is 10.6 Å². The van der Waals surface area contributed by atoms with Gasteiger partial charge in [0.15, 0.2) is 0 Å². The highest BCUT2D eigenvalue weighted by atomic mass is 16.5. The zero-order valence-corrected chi connectivity index (χ0v) is 11.9. The number of carbonyl (C=O) groups is 1. The quantitative estimate of drug-likeness (QED) is 0.875. The highest BCUT2D eigenvalue weighted by Crippen LogP contribution is 2.22. The maximum atomic E-state index is 12.3. The minimum absolute atomic E-state index is 0.105. The summed E-state index contributed by atoms with van der Waals surface area (Å²) in [6.07, 6.45) is 4.09. The smallest absolute Gasteiger partial charge is 0.237 e. The van der Waals surface area contributed by atoms with Crippen LogP contribution in [0.2, 0.25) is 0 Å². The van der Waals surface area contributed by atoms with Crippen molar-refractivity contribution in [3.8, 4) is 0 Å². The molecule has 2 unspecified atom stereocenters. The zero-order chi connectivity index (χ0) is 13.9. The number of fused-ring (bicyclic) bond motifs is 1. The van der Waals surface area contributed by atoms with Crippen molar-refractivity contribution in [3.05, 3.63) is 35.4 Å². The lowest BCUT2D eigenvalue weighted by molar-refractivity contribution is -0.124. The number of hydrogen-bond acceptors (Lipinski definition) is 3. The summed E-state index contributed by atoms with van der Waals surface area (Å²) in [6.45, 7) is 0.777. The van der Waals surface area contributed by atoms with Gasteiger partial charge in [0.25, 0.3) is 0 Å². The summed E-state index contributed by atoms with van der Waals surface area (Å²) in [7, 11) is 1.74. The minimum Gasteiger partial charge on any atom is -0.381 e. The van der Waals surface area contributed by atoms with Crippen molar-refractivity contribution < 1.29 is 9.53 Å². The van der Waals surface area contributed by atoms with Crippen LogP contribution in [0, 0.1) is 0 Å². The predicted octanol–water partition coefficient (Wildman–Crippen LogP) is 1.38. The number of rotatable bonds is 3. The van der Waals surface area contributed by atoms with Gasteiger partial charge in [0.1, 0.15) is 0 Å². The lowest BCUT2D eigenvalue weighted by Crippen LogP contribution is -2.50. The molecule has 20 heavy (non-hydrogen) atoms. The number of nitrogens with one attached hydrogen (secondary N) is 2. The Morgan fingerprint density at radius 3 is 2.85 bits per heavy atom. The molecule has 0 saturated heterocycles. The fourth-order valence-corrected chi connectivity index (χ4v) is 3.23. The van der Waals surface area contributed by atoms with Crippen molar-refractivity contribution in [1.29, 1.82) is 0 Å². The molecule has 1 heterocycles. The molecule has 1 saturated carbocycles. The van der Waals surface area contributed by atoms with Gasteiger partial charge in [-0.2, -0.15) is 0 Å². The van der Waals surface area contributed by atoms with Gasteiger partial charge >= 0.3 is 0 Å². The van der Waals surface area contributed by atoms with E-state index in [1.165, 1.54) is 11.1 Å². The van der Waals surface area contributed by atoms with E-state index in [0.29, 0.717) is 6.10 Å². The topological polar surface area (TPSA) is 50.4 Å². The van der Waals surface area contributed by atoms with Gasteiger partial charge in [-0.05, 0) is 36.8 Å². The third-order valence-electron chi connectivity index (χ3n) is 4.46. The summed E-state index contributed by atoms with van der Waals surface area (Å²) in [6, 6.07) is 8.49. The molecule has 3 rings (SSSR count). The van der Waals surface area contributed by atoms with Crippen LogP contribution in [0.1, 0.15) is 30.4 Å². The van der Waals surface area contributed by atoms with Gasteiger partial charge in [-0.25, -0.2) is 0 Å². The van der Waals surface area contributed by atoms with E-state index in [4.69, 9.17) is 4.74 Å². The average Bonchev–Trinajstić information content (AvgIpc) is 2.94. The number of methoxy groups -OCH3 is 1. The Hall–Kier alpha value is -1.39. The summed E-state index contributed by atoms with van der Waals surface area (Å²) < 4.78 is 5.35. The van der Waals surface area contributed by atoms with Gasteiger partial charge in [0.05, 0.1) is 12.1 Å². The lowest BCUT2D eigenvalue weighted by Gasteiger charge is -2.26. The number of benzene rings is 1. The maximum absolute atomic E-state index is 12.3. The van der Waals surface area contributed by atoms with Crippen LogP contribution in [-0.2, 0) is 22.5 Å². The van der Waals surface area contributed by atoms with Crippen LogP contribution in [0.3, 0.4) is 0 Å². The fourth-order valence-electron chi connectivity index (χ4n) is 3.23. The SMILES string of the molecule is COC1CCC(NC(=O)[C@H]2Cc3ccccc3CN2)C1. The molecule has 0 bridgehead atoms. The Balaban J connectivity index is 1.57. The van der Waals surface area contributed by atoms with E-state index in [2.05, 4.69) is 22.8 Å². The van der Waals surface area contributed by atoms with Gasteiger partial charge in [-0.1, -0.05) is 24.3 Å². The molecule has 0 radical (unpaired) electrons. The monoisotopic (exact) mass is 274 g/mol. The van der Waals surface area contributed by atoms with E-state index in [0.717, 1.165) is 32.2 Å². The molecule has 2 aliphatic rings. The van der Waals surface area contributed by atoms with Gasteiger partial charge in [-0.15, -0.1) is 0 Å². The number of carbonyl (C=O) groups excluding carboxylic acids is 1. The number of amides is 1. The van der Waals surface area contributed by atoms with Crippen LogP contribution in [0.25, 0.3) is 0 Å². The van der Waals surface area contributed by atoms with Gasteiger partial charge in [-0.3, -0.25) is 4.79 Å². The predicted molar refractivity (Wildman–Crippen MR) is 77.4 cm³/mol. The number of ether oxygens (including phenoxy) is 1. The van der Waals surface area contributed by atoms with Gasteiger partial charge < -0.3 is 15.4 Å². The van der Waals surface area contributed by atoms with Crippen molar-refractivity contribution in [2.24, 2.45) is 0 Å². The molecule has 1 amide bonds. The molecule has 2 N–H and O–H groups in total. The molecule has 1 aromatic carbocycles. The van der Waals surface area contributed by atoms with Crippen LogP contribution >= 0.6 is 0 Å². The third kappa shape index (κ3) is 2.86. The molecule has 0 aromatic heterocycles. The van der Waals surface area contributed by atoms with Crippen LogP contribution in [0.5, 0.6) is 0 Å². The second-order valence-electron chi connectivity index (χ2n) is 5.78. The van der Waals surface area contributed by atoms with Crippen LogP contribution in [0.4, 0.5) is 0 Å². The summed E-state index contributed by atoms with van der Waals surface area (Å²) in [5, 5.41) is 6.49. The molecule has 4 nitrogen and oxygen atoms in total. The molecule has 1 fully saturated rings.